The lowest BCUT2D eigenvalue weighted by Gasteiger charge is -2.26. The minimum absolute atomic E-state index is 0.00516. The number of hydrogen-bond acceptors (Lipinski definition) is 6. The summed E-state index contributed by atoms with van der Waals surface area (Å²) in [6.07, 6.45) is 2.96. The number of aliphatic hydroxyl groups excluding tert-OH is 1. The van der Waals surface area contributed by atoms with Crippen LogP contribution in [0.1, 0.15) is 30.1 Å². The molecule has 1 fully saturated rings. The first-order valence-electron chi connectivity index (χ1n) is 11.5. The van der Waals surface area contributed by atoms with E-state index in [1.807, 2.05) is 13.0 Å². The second-order valence-electron chi connectivity index (χ2n) is 9.66. The molecule has 1 N–H and O–H groups in total. The molecule has 0 saturated carbocycles. The van der Waals surface area contributed by atoms with E-state index in [0.29, 0.717) is 55.4 Å². The van der Waals surface area contributed by atoms with Crippen molar-refractivity contribution < 1.29 is 28.9 Å². The van der Waals surface area contributed by atoms with Crippen LogP contribution < -0.4 is 14.4 Å². The van der Waals surface area contributed by atoms with Gasteiger partial charge in [0.25, 0.3) is 11.8 Å². The summed E-state index contributed by atoms with van der Waals surface area (Å²) in [5.41, 5.74) is 1.93. The van der Waals surface area contributed by atoms with Gasteiger partial charge in [-0.25, -0.2) is 0 Å². The molecule has 8 nitrogen and oxygen atoms in total. The highest BCUT2D eigenvalue weighted by Crippen LogP contribution is 2.40. The standard InChI is InChI=1S/C24H36N2O6Si/c1-6-17-12-20-24(29)26(16-31-10-11-33(3,4)5)19-14-22(32-9-7-8-27)21(30-2)13-18(19)23(28)25(20)15-17/h6,13-14,20,27H,7-12,15-16H2,1-5H3/b17-6-. The monoisotopic (exact) mass is 476 g/mol. The van der Waals surface area contributed by atoms with Crippen molar-refractivity contribution >= 4 is 25.6 Å². The molecule has 2 aliphatic heterocycles. The molecule has 3 rings (SSSR count). The second-order valence-corrected chi connectivity index (χ2v) is 15.3. The Morgan fingerprint density at radius 2 is 1.94 bits per heavy atom. The molecule has 0 aromatic heterocycles. The SMILES string of the molecule is C/C=C1/CC2C(=O)N(COCC[Si](C)(C)C)c3cc(OCCCO)c(OC)cc3C(=O)N2C1. The third-order valence-corrected chi connectivity index (χ3v) is 7.71. The van der Waals surface area contributed by atoms with Gasteiger partial charge in [-0.05, 0) is 25.5 Å². The topological polar surface area (TPSA) is 88.5 Å². The fourth-order valence-corrected chi connectivity index (χ4v) is 4.74. The number of carbonyl (C=O) groups is 2. The first-order chi connectivity index (χ1) is 15.7. The van der Waals surface area contributed by atoms with E-state index < -0.39 is 14.1 Å². The Bertz CT molecular complexity index is 911. The quantitative estimate of drug-likeness (QED) is 0.317. The van der Waals surface area contributed by atoms with E-state index in [-0.39, 0.29) is 25.2 Å². The number of anilines is 1. The molecule has 0 aliphatic carbocycles. The van der Waals surface area contributed by atoms with Crippen LogP contribution >= 0.6 is 0 Å². The van der Waals surface area contributed by atoms with Crippen molar-refractivity contribution in [1.82, 2.24) is 4.90 Å². The average molecular weight is 477 g/mol. The van der Waals surface area contributed by atoms with Gasteiger partial charge in [0.15, 0.2) is 11.5 Å². The Balaban J connectivity index is 1.99. The predicted molar refractivity (Wildman–Crippen MR) is 130 cm³/mol. The maximum atomic E-state index is 13.6. The van der Waals surface area contributed by atoms with Gasteiger partial charge < -0.3 is 24.2 Å². The van der Waals surface area contributed by atoms with E-state index >= 15 is 0 Å². The molecule has 1 aromatic rings. The molecule has 0 spiro atoms. The van der Waals surface area contributed by atoms with E-state index in [0.717, 1.165) is 11.6 Å². The predicted octanol–water partition coefficient (Wildman–Crippen LogP) is 3.28. The van der Waals surface area contributed by atoms with Crippen molar-refractivity contribution in [2.24, 2.45) is 0 Å². The number of rotatable bonds is 10. The minimum atomic E-state index is -1.28. The summed E-state index contributed by atoms with van der Waals surface area (Å²) < 4.78 is 17.2. The van der Waals surface area contributed by atoms with Crippen LogP contribution in [0.3, 0.4) is 0 Å². The van der Waals surface area contributed by atoms with E-state index in [4.69, 9.17) is 19.3 Å². The Kier molecular flexibility index (Phi) is 8.20. The van der Waals surface area contributed by atoms with Crippen LogP contribution in [0.4, 0.5) is 5.69 Å². The second kappa shape index (κ2) is 10.7. The van der Waals surface area contributed by atoms with E-state index in [1.165, 1.54) is 7.11 Å². The van der Waals surface area contributed by atoms with Gasteiger partial charge in [-0.1, -0.05) is 31.3 Å². The van der Waals surface area contributed by atoms with Crippen LogP contribution in [-0.4, -0.2) is 76.1 Å². The summed E-state index contributed by atoms with van der Waals surface area (Å²) in [6, 6.07) is 3.75. The van der Waals surface area contributed by atoms with Crippen LogP contribution in [0, 0.1) is 0 Å². The van der Waals surface area contributed by atoms with Crippen LogP contribution in [0.15, 0.2) is 23.8 Å². The van der Waals surface area contributed by atoms with Crippen molar-refractivity contribution in [2.75, 3.05) is 45.1 Å². The zero-order valence-electron chi connectivity index (χ0n) is 20.3. The maximum absolute atomic E-state index is 13.6. The van der Waals surface area contributed by atoms with Gasteiger partial charge >= 0.3 is 0 Å². The van der Waals surface area contributed by atoms with Gasteiger partial charge in [0, 0.05) is 40.3 Å². The van der Waals surface area contributed by atoms with Crippen molar-refractivity contribution in [3.05, 3.63) is 29.3 Å². The number of carbonyl (C=O) groups excluding carboxylic acids is 2. The highest BCUT2D eigenvalue weighted by Gasteiger charge is 2.44. The minimum Gasteiger partial charge on any atom is -0.493 e. The molecule has 1 unspecified atom stereocenters. The van der Waals surface area contributed by atoms with Gasteiger partial charge in [-0.2, -0.15) is 0 Å². The van der Waals surface area contributed by atoms with Gasteiger partial charge in [0.05, 0.1) is 25.0 Å². The molecule has 9 heteroatoms. The first kappa shape index (κ1) is 25.3. The number of methoxy groups -OCH3 is 1. The number of ether oxygens (including phenoxy) is 3. The van der Waals surface area contributed by atoms with Crippen LogP contribution in [-0.2, 0) is 9.53 Å². The molecule has 33 heavy (non-hydrogen) atoms. The number of hydrogen-bond donors (Lipinski definition) is 1. The Morgan fingerprint density at radius 3 is 2.58 bits per heavy atom. The molecular weight excluding hydrogens is 440 g/mol. The normalized spacial score (nSPS) is 19.6. The molecule has 1 aromatic carbocycles. The molecule has 0 radical (unpaired) electrons. The highest BCUT2D eigenvalue weighted by molar-refractivity contribution is 6.76. The molecular formula is C24H36N2O6Si. The Labute approximate surface area is 197 Å². The summed E-state index contributed by atoms with van der Waals surface area (Å²) in [5, 5.41) is 9.09. The summed E-state index contributed by atoms with van der Waals surface area (Å²) in [4.78, 5) is 30.4. The number of amides is 2. The number of nitrogens with zero attached hydrogens (tertiary/aromatic N) is 2. The first-order valence-corrected chi connectivity index (χ1v) is 15.2. The van der Waals surface area contributed by atoms with Crippen LogP contribution in [0.5, 0.6) is 11.5 Å². The zero-order chi connectivity index (χ0) is 24.2. The largest absolute Gasteiger partial charge is 0.493 e. The average Bonchev–Trinajstić information content (AvgIpc) is 3.19. The summed E-state index contributed by atoms with van der Waals surface area (Å²) >= 11 is 0. The van der Waals surface area contributed by atoms with Crippen molar-refractivity contribution in [3.63, 3.8) is 0 Å². The lowest BCUT2D eigenvalue weighted by molar-refractivity contribution is -0.123. The molecule has 2 amide bonds. The van der Waals surface area contributed by atoms with Crippen LogP contribution in [0.2, 0.25) is 25.7 Å². The van der Waals surface area contributed by atoms with E-state index in [9.17, 15) is 9.59 Å². The molecule has 0 bridgehead atoms. The number of allylic oxidation sites excluding steroid dienone is 1. The number of aliphatic hydroxyl groups is 1. The Morgan fingerprint density at radius 1 is 1.18 bits per heavy atom. The third kappa shape index (κ3) is 5.77. The number of benzene rings is 1. The smallest absolute Gasteiger partial charge is 0.257 e. The third-order valence-electron chi connectivity index (χ3n) is 6.01. The molecule has 2 heterocycles. The highest BCUT2D eigenvalue weighted by atomic mass is 28.3. The van der Waals surface area contributed by atoms with Gasteiger partial charge in [-0.3, -0.25) is 14.5 Å². The Hall–Kier alpha value is -2.36. The molecule has 1 atom stereocenters. The summed E-state index contributed by atoms with van der Waals surface area (Å²) in [7, 11) is 0.230. The zero-order valence-corrected chi connectivity index (χ0v) is 21.3. The van der Waals surface area contributed by atoms with Crippen molar-refractivity contribution in [3.8, 4) is 11.5 Å². The summed E-state index contributed by atoms with van der Waals surface area (Å²) in [5.74, 6) is 0.480. The van der Waals surface area contributed by atoms with E-state index in [1.54, 1.807) is 21.9 Å². The molecule has 1 saturated heterocycles. The molecule has 2 aliphatic rings. The number of fused-ring (bicyclic) bond motifs is 2. The summed E-state index contributed by atoms with van der Waals surface area (Å²) in [6.45, 7) is 10.1. The van der Waals surface area contributed by atoms with Crippen molar-refractivity contribution in [2.45, 2.75) is 51.5 Å². The fraction of sp³-hybridized carbons (Fsp3) is 0.583. The molecule has 182 valence electrons. The lowest BCUT2D eigenvalue weighted by atomic mass is 10.1. The van der Waals surface area contributed by atoms with Gasteiger partial charge in [0.1, 0.15) is 12.8 Å². The lowest BCUT2D eigenvalue weighted by Crippen LogP contribution is -2.45. The van der Waals surface area contributed by atoms with Gasteiger partial charge in [0.2, 0.25) is 0 Å². The van der Waals surface area contributed by atoms with Gasteiger partial charge in [-0.15, -0.1) is 0 Å². The van der Waals surface area contributed by atoms with Crippen LogP contribution in [0.25, 0.3) is 0 Å². The maximum Gasteiger partial charge on any atom is 0.257 e. The fourth-order valence-electron chi connectivity index (χ4n) is 3.98. The van der Waals surface area contributed by atoms with E-state index in [2.05, 4.69) is 19.6 Å². The van der Waals surface area contributed by atoms with Crippen molar-refractivity contribution in [1.29, 1.82) is 0 Å².